The van der Waals surface area contributed by atoms with Crippen LogP contribution in [0.1, 0.15) is 11.1 Å². The first-order valence-electron chi connectivity index (χ1n) is 7.44. The van der Waals surface area contributed by atoms with Crippen LogP contribution >= 0.6 is 23.4 Å². The number of aryl methyl sites for hydroxylation is 1. The maximum Gasteiger partial charge on any atom is 0.196 e. The normalized spacial score (nSPS) is 11.5. The molecule has 0 aliphatic carbocycles. The average Bonchev–Trinajstić information content (AvgIpc) is 2.98. The Balaban J connectivity index is 1.79. The summed E-state index contributed by atoms with van der Waals surface area (Å²) in [5.41, 5.74) is 3.46. The first-order chi connectivity index (χ1) is 11.6. The van der Waals surface area contributed by atoms with Crippen molar-refractivity contribution in [2.45, 2.75) is 17.8 Å². The Morgan fingerprint density at radius 3 is 2.79 bits per heavy atom. The van der Waals surface area contributed by atoms with E-state index in [-0.39, 0.29) is 5.82 Å². The van der Waals surface area contributed by atoms with Crippen molar-refractivity contribution < 1.29 is 4.39 Å². The van der Waals surface area contributed by atoms with E-state index in [1.807, 2.05) is 28.7 Å². The zero-order valence-corrected chi connectivity index (χ0v) is 14.4. The fourth-order valence-electron chi connectivity index (χ4n) is 2.78. The predicted molar refractivity (Wildman–Crippen MR) is 96.2 cm³/mol. The molecular formula is C18H13ClFN3S. The van der Waals surface area contributed by atoms with Crippen molar-refractivity contribution in [2.24, 2.45) is 0 Å². The number of fused-ring (bicyclic) bond motifs is 3. The van der Waals surface area contributed by atoms with Gasteiger partial charge in [-0.15, -0.1) is 10.2 Å². The minimum atomic E-state index is -0.301. The Hall–Kier alpha value is -2.11. The Bertz CT molecular complexity index is 1040. The van der Waals surface area contributed by atoms with Crippen LogP contribution in [-0.4, -0.2) is 14.6 Å². The molecule has 6 heteroatoms. The average molecular weight is 358 g/mol. The van der Waals surface area contributed by atoms with E-state index in [0.717, 1.165) is 27.3 Å². The van der Waals surface area contributed by atoms with Crippen LogP contribution in [0.4, 0.5) is 4.39 Å². The predicted octanol–water partition coefficient (Wildman–Crippen LogP) is 5.28. The van der Waals surface area contributed by atoms with E-state index in [2.05, 4.69) is 23.2 Å². The molecule has 2 aromatic carbocycles. The molecule has 0 saturated heterocycles. The van der Waals surface area contributed by atoms with Gasteiger partial charge in [0.1, 0.15) is 5.82 Å². The molecule has 2 heterocycles. The number of benzene rings is 2. The molecule has 0 aliphatic heterocycles. The second kappa shape index (κ2) is 6.07. The zero-order chi connectivity index (χ0) is 16.7. The van der Waals surface area contributed by atoms with E-state index >= 15 is 0 Å². The lowest BCUT2D eigenvalue weighted by Gasteiger charge is -2.08. The highest BCUT2D eigenvalue weighted by atomic mass is 35.5. The van der Waals surface area contributed by atoms with Gasteiger partial charge in [0, 0.05) is 21.7 Å². The first-order valence-corrected chi connectivity index (χ1v) is 8.80. The minimum Gasteiger partial charge on any atom is -0.270 e. The second-order valence-electron chi connectivity index (χ2n) is 5.51. The Morgan fingerprint density at radius 1 is 1.12 bits per heavy atom. The molecule has 0 radical (unpaired) electrons. The van der Waals surface area contributed by atoms with Crippen LogP contribution in [0.15, 0.2) is 53.7 Å². The van der Waals surface area contributed by atoms with Gasteiger partial charge in [-0.25, -0.2) is 4.39 Å². The molecule has 2 aromatic heterocycles. The highest BCUT2D eigenvalue weighted by Crippen LogP contribution is 2.30. The van der Waals surface area contributed by atoms with Gasteiger partial charge in [-0.05, 0) is 36.8 Å². The number of thioether (sulfide) groups is 1. The Labute approximate surface area is 147 Å². The summed E-state index contributed by atoms with van der Waals surface area (Å²) in [7, 11) is 0. The molecular weight excluding hydrogens is 345 g/mol. The summed E-state index contributed by atoms with van der Waals surface area (Å²) in [5, 5.41) is 10.8. The van der Waals surface area contributed by atoms with Gasteiger partial charge in [0.2, 0.25) is 0 Å². The molecule has 0 saturated carbocycles. The summed E-state index contributed by atoms with van der Waals surface area (Å²) < 4.78 is 16.0. The van der Waals surface area contributed by atoms with E-state index in [4.69, 9.17) is 11.6 Å². The minimum absolute atomic E-state index is 0.301. The van der Waals surface area contributed by atoms with Crippen molar-refractivity contribution in [3.8, 4) is 0 Å². The SMILES string of the molecule is Cc1cc2nnc(SCc3c(F)cccc3Cl)n2c2ccccc12. The fraction of sp³-hybridized carbons (Fsp3) is 0.111. The summed E-state index contributed by atoms with van der Waals surface area (Å²) in [6, 6.07) is 14.8. The number of pyridine rings is 1. The van der Waals surface area contributed by atoms with E-state index in [9.17, 15) is 4.39 Å². The molecule has 4 rings (SSSR count). The lowest BCUT2D eigenvalue weighted by molar-refractivity contribution is 0.617. The third kappa shape index (κ3) is 2.54. The van der Waals surface area contributed by atoms with Crippen molar-refractivity contribution in [3.63, 3.8) is 0 Å². The number of aromatic nitrogens is 3. The maximum absolute atomic E-state index is 14.0. The van der Waals surface area contributed by atoms with Crippen LogP contribution in [0.5, 0.6) is 0 Å². The second-order valence-corrected chi connectivity index (χ2v) is 6.86. The van der Waals surface area contributed by atoms with Crippen molar-refractivity contribution in [1.82, 2.24) is 14.6 Å². The van der Waals surface area contributed by atoms with Crippen LogP contribution in [0.25, 0.3) is 16.6 Å². The fourth-order valence-corrected chi connectivity index (χ4v) is 4.07. The van der Waals surface area contributed by atoms with Gasteiger partial charge >= 0.3 is 0 Å². The molecule has 0 amide bonds. The molecule has 0 fully saturated rings. The smallest absolute Gasteiger partial charge is 0.196 e. The monoisotopic (exact) mass is 357 g/mol. The zero-order valence-electron chi connectivity index (χ0n) is 12.8. The van der Waals surface area contributed by atoms with Gasteiger partial charge < -0.3 is 0 Å². The summed E-state index contributed by atoms with van der Waals surface area (Å²) >= 11 is 7.53. The molecule has 0 unspecified atom stereocenters. The molecule has 120 valence electrons. The highest BCUT2D eigenvalue weighted by Gasteiger charge is 2.13. The lowest BCUT2D eigenvalue weighted by Crippen LogP contribution is -1.94. The van der Waals surface area contributed by atoms with E-state index < -0.39 is 0 Å². The lowest BCUT2D eigenvalue weighted by atomic mass is 10.1. The molecule has 0 spiro atoms. The Morgan fingerprint density at radius 2 is 1.96 bits per heavy atom. The van der Waals surface area contributed by atoms with Crippen LogP contribution < -0.4 is 0 Å². The topological polar surface area (TPSA) is 30.2 Å². The van der Waals surface area contributed by atoms with Crippen molar-refractivity contribution in [2.75, 3.05) is 0 Å². The number of rotatable bonds is 3. The van der Waals surface area contributed by atoms with Crippen LogP contribution in [-0.2, 0) is 5.75 Å². The van der Waals surface area contributed by atoms with Crippen LogP contribution in [0.2, 0.25) is 5.02 Å². The number of hydrogen-bond donors (Lipinski definition) is 0. The largest absolute Gasteiger partial charge is 0.270 e. The summed E-state index contributed by atoms with van der Waals surface area (Å²) in [6.45, 7) is 2.06. The molecule has 3 nitrogen and oxygen atoms in total. The van der Waals surface area contributed by atoms with Gasteiger partial charge in [0.05, 0.1) is 5.52 Å². The molecule has 0 N–H and O–H groups in total. The first kappa shape index (κ1) is 15.4. The standard InChI is InChI=1S/C18H13ClFN3S/c1-11-9-17-21-22-18(23(17)16-8-3-2-5-12(11)16)24-10-13-14(19)6-4-7-15(13)20/h2-9H,10H2,1H3. The maximum atomic E-state index is 14.0. The highest BCUT2D eigenvalue weighted by molar-refractivity contribution is 7.98. The van der Waals surface area contributed by atoms with Gasteiger partial charge in [0.15, 0.2) is 10.8 Å². The molecule has 4 aromatic rings. The van der Waals surface area contributed by atoms with Gasteiger partial charge in [0.25, 0.3) is 0 Å². The summed E-state index contributed by atoms with van der Waals surface area (Å²) in [4.78, 5) is 0. The van der Waals surface area contributed by atoms with E-state index in [1.54, 1.807) is 12.1 Å². The molecule has 0 aliphatic rings. The third-order valence-electron chi connectivity index (χ3n) is 3.98. The molecule has 0 bridgehead atoms. The van der Waals surface area contributed by atoms with E-state index in [0.29, 0.717) is 16.3 Å². The quantitative estimate of drug-likeness (QED) is 0.467. The molecule has 24 heavy (non-hydrogen) atoms. The van der Waals surface area contributed by atoms with Crippen molar-refractivity contribution >= 4 is 39.9 Å². The number of nitrogens with zero attached hydrogens (tertiary/aromatic N) is 3. The van der Waals surface area contributed by atoms with E-state index in [1.165, 1.54) is 17.8 Å². The third-order valence-corrected chi connectivity index (χ3v) is 5.29. The van der Waals surface area contributed by atoms with Crippen molar-refractivity contribution in [3.05, 3.63) is 70.5 Å². The summed E-state index contributed by atoms with van der Waals surface area (Å²) in [5.74, 6) is 0.0960. The van der Waals surface area contributed by atoms with Crippen LogP contribution in [0, 0.1) is 12.7 Å². The van der Waals surface area contributed by atoms with Gasteiger partial charge in [-0.2, -0.15) is 0 Å². The number of halogens is 2. The van der Waals surface area contributed by atoms with Crippen molar-refractivity contribution in [1.29, 1.82) is 0 Å². The number of hydrogen-bond acceptors (Lipinski definition) is 3. The summed E-state index contributed by atoms with van der Waals surface area (Å²) in [6.07, 6.45) is 0. The van der Waals surface area contributed by atoms with Gasteiger partial charge in [-0.1, -0.05) is 47.6 Å². The molecule has 0 atom stereocenters. The van der Waals surface area contributed by atoms with Crippen LogP contribution in [0.3, 0.4) is 0 Å². The van der Waals surface area contributed by atoms with Gasteiger partial charge in [-0.3, -0.25) is 4.40 Å². The number of para-hydroxylation sites is 1. The Kier molecular flexibility index (Phi) is 3.90.